The van der Waals surface area contributed by atoms with E-state index in [2.05, 4.69) is 15.5 Å². The molecule has 136 valence electrons. The van der Waals surface area contributed by atoms with Crippen LogP contribution < -0.4 is 5.32 Å². The lowest BCUT2D eigenvalue weighted by atomic mass is 10.1. The molecule has 4 rings (SSSR count). The highest BCUT2D eigenvalue weighted by Crippen LogP contribution is 2.20. The number of halogens is 1. The van der Waals surface area contributed by atoms with Gasteiger partial charge in [-0.1, -0.05) is 30.3 Å². The lowest BCUT2D eigenvalue weighted by Crippen LogP contribution is -2.32. The van der Waals surface area contributed by atoms with Gasteiger partial charge in [-0.25, -0.2) is 0 Å². The Balaban J connectivity index is 0.00000196. The average molecular weight is 373 g/mol. The number of furan rings is 1. The third kappa shape index (κ3) is 3.81. The Kier molecular flexibility index (Phi) is 5.75. The predicted molar refractivity (Wildman–Crippen MR) is 100.0 cm³/mol. The molecule has 26 heavy (non-hydrogen) atoms. The molecule has 2 aromatic heterocycles. The number of aromatic amines is 1. The van der Waals surface area contributed by atoms with Gasteiger partial charge in [0.2, 0.25) is 0 Å². The predicted octanol–water partition coefficient (Wildman–Crippen LogP) is 2.91. The zero-order valence-electron chi connectivity index (χ0n) is 14.3. The molecule has 1 aliphatic rings. The van der Waals surface area contributed by atoms with Crippen LogP contribution in [0.5, 0.6) is 0 Å². The smallest absolute Gasteiger partial charge is 0.275 e. The number of hydrogen-bond acceptors (Lipinski definition) is 4. The van der Waals surface area contributed by atoms with Gasteiger partial charge >= 0.3 is 0 Å². The quantitative estimate of drug-likeness (QED) is 0.722. The molecule has 7 heteroatoms. The van der Waals surface area contributed by atoms with Crippen LogP contribution in [0.15, 0.2) is 53.1 Å². The van der Waals surface area contributed by atoms with Crippen LogP contribution in [0.4, 0.5) is 0 Å². The summed E-state index contributed by atoms with van der Waals surface area (Å²) >= 11 is 0. The maximum absolute atomic E-state index is 13.2. The van der Waals surface area contributed by atoms with Crippen LogP contribution >= 0.6 is 12.4 Å². The molecule has 1 amide bonds. The molecule has 0 spiro atoms. The number of benzene rings is 1. The van der Waals surface area contributed by atoms with E-state index in [1.165, 1.54) is 0 Å². The van der Waals surface area contributed by atoms with Crippen molar-refractivity contribution < 1.29 is 9.21 Å². The van der Waals surface area contributed by atoms with Gasteiger partial charge in [0, 0.05) is 37.3 Å². The first kappa shape index (κ1) is 18.2. The maximum Gasteiger partial charge on any atom is 0.275 e. The van der Waals surface area contributed by atoms with Gasteiger partial charge in [-0.3, -0.25) is 9.89 Å². The minimum atomic E-state index is -0.0820. The number of hydrogen-bond donors (Lipinski definition) is 2. The second-order valence-corrected chi connectivity index (χ2v) is 6.18. The highest BCUT2D eigenvalue weighted by Gasteiger charge is 2.26. The maximum atomic E-state index is 13.2. The molecule has 3 aromatic rings. The van der Waals surface area contributed by atoms with E-state index in [-0.39, 0.29) is 18.3 Å². The van der Waals surface area contributed by atoms with Gasteiger partial charge < -0.3 is 14.6 Å². The number of nitrogens with zero attached hydrogens (tertiary/aromatic N) is 2. The van der Waals surface area contributed by atoms with Crippen molar-refractivity contribution in [1.82, 2.24) is 20.4 Å². The number of amides is 1. The fourth-order valence-corrected chi connectivity index (χ4v) is 3.15. The standard InChI is InChI=1S/C19H20N4O2.ClH/c24-19(18-16-11-20-9-8-17(16)21-22-18)23(13-15-7-4-10-25-15)12-14-5-2-1-3-6-14;/h1-7,10,20H,8-9,11-13H2,(H,21,22);1H. The Morgan fingerprint density at radius 1 is 1.15 bits per heavy atom. The van der Waals surface area contributed by atoms with E-state index < -0.39 is 0 Å². The van der Waals surface area contributed by atoms with Crippen LogP contribution in [0, 0.1) is 0 Å². The third-order valence-electron chi connectivity index (χ3n) is 4.44. The molecule has 1 aromatic carbocycles. The van der Waals surface area contributed by atoms with Crippen molar-refractivity contribution in [1.29, 1.82) is 0 Å². The van der Waals surface area contributed by atoms with Crippen molar-refractivity contribution in [3.8, 4) is 0 Å². The van der Waals surface area contributed by atoms with Crippen molar-refractivity contribution in [2.45, 2.75) is 26.1 Å². The molecule has 0 unspecified atom stereocenters. The lowest BCUT2D eigenvalue weighted by molar-refractivity contribution is 0.0710. The second-order valence-electron chi connectivity index (χ2n) is 6.18. The normalized spacial score (nSPS) is 12.9. The van der Waals surface area contributed by atoms with E-state index in [4.69, 9.17) is 4.42 Å². The average Bonchev–Trinajstić information content (AvgIpc) is 3.31. The largest absolute Gasteiger partial charge is 0.467 e. The third-order valence-corrected chi connectivity index (χ3v) is 4.44. The molecule has 2 N–H and O–H groups in total. The summed E-state index contributed by atoms with van der Waals surface area (Å²) in [7, 11) is 0. The van der Waals surface area contributed by atoms with E-state index in [0.29, 0.717) is 25.3 Å². The number of fused-ring (bicyclic) bond motifs is 1. The highest BCUT2D eigenvalue weighted by molar-refractivity contribution is 5.94. The van der Waals surface area contributed by atoms with Gasteiger partial charge in [0.15, 0.2) is 5.69 Å². The number of carbonyl (C=O) groups excluding carboxylic acids is 1. The molecule has 0 aliphatic carbocycles. The van der Waals surface area contributed by atoms with Gasteiger partial charge in [-0.15, -0.1) is 12.4 Å². The number of H-pyrrole nitrogens is 1. The Labute approximate surface area is 158 Å². The van der Waals surface area contributed by atoms with Crippen LogP contribution in [0.3, 0.4) is 0 Å². The second kappa shape index (κ2) is 8.21. The Morgan fingerprint density at radius 3 is 2.77 bits per heavy atom. The van der Waals surface area contributed by atoms with Crippen LogP contribution in [0.1, 0.15) is 33.1 Å². The fraction of sp³-hybridized carbons (Fsp3) is 0.263. The highest BCUT2D eigenvalue weighted by atomic mass is 35.5. The molecule has 1 aliphatic heterocycles. The summed E-state index contributed by atoms with van der Waals surface area (Å²) in [4.78, 5) is 15.0. The number of carbonyl (C=O) groups is 1. The lowest BCUT2D eigenvalue weighted by Gasteiger charge is -2.22. The van der Waals surface area contributed by atoms with Crippen LogP contribution in [-0.2, 0) is 26.1 Å². The minimum absolute atomic E-state index is 0. The summed E-state index contributed by atoms with van der Waals surface area (Å²) in [5.74, 6) is 0.674. The van der Waals surface area contributed by atoms with E-state index in [0.717, 1.165) is 35.5 Å². The van der Waals surface area contributed by atoms with Crippen molar-refractivity contribution in [2.24, 2.45) is 0 Å². The fourth-order valence-electron chi connectivity index (χ4n) is 3.15. The van der Waals surface area contributed by atoms with Gasteiger partial charge in [-0.2, -0.15) is 5.10 Å². The summed E-state index contributed by atoms with van der Waals surface area (Å²) in [6, 6.07) is 13.7. The molecule has 0 atom stereocenters. The van der Waals surface area contributed by atoms with Gasteiger partial charge in [0.25, 0.3) is 5.91 Å². The summed E-state index contributed by atoms with van der Waals surface area (Å²) in [5, 5.41) is 10.6. The summed E-state index contributed by atoms with van der Waals surface area (Å²) in [6.45, 7) is 2.50. The molecule has 0 saturated heterocycles. The Morgan fingerprint density at radius 2 is 2.00 bits per heavy atom. The Bertz CT molecular complexity index is 846. The van der Waals surface area contributed by atoms with Crippen LogP contribution in [0.2, 0.25) is 0 Å². The summed E-state index contributed by atoms with van der Waals surface area (Å²) in [6.07, 6.45) is 2.49. The van der Waals surface area contributed by atoms with Gasteiger partial charge in [0.1, 0.15) is 5.76 Å². The van der Waals surface area contributed by atoms with E-state index >= 15 is 0 Å². The molecule has 3 heterocycles. The molecule has 0 bridgehead atoms. The molecule has 0 radical (unpaired) electrons. The van der Waals surface area contributed by atoms with Gasteiger partial charge in [0.05, 0.1) is 12.8 Å². The number of rotatable bonds is 5. The molecule has 6 nitrogen and oxygen atoms in total. The van der Waals surface area contributed by atoms with Crippen LogP contribution in [-0.4, -0.2) is 27.5 Å². The first-order valence-electron chi connectivity index (χ1n) is 8.43. The summed E-state index contributed by atoms with van der Waals surface area (Å²) in [5.41, 5.74) is 3.61. The van der Waals surface area contributed by atoms with Gasteiger partial charge in [-0.05, 0) is 17.7 Å². The van der Waals surface area contributed by atoms with E-state index in [9.17, 15) is 4.79 Å². The monoisotopic (exact) mass is 372 g/mol. The minimum Gasteiger partial charge on any atom is -0.467 e. The van der Waals surface area contributed by atoms with Crippen molar-refractivity contribution in [3.63, 3.8) is 0 Å². The SMILES string of the molecule is Cl.O=C(c1n[nH]c2c1CNCC2)N(Cc1ccccc1)Cc1ccco1. The number of aromatic nitrogens is 2. The zero-order valence-corrected chi connectivity index (χ0v) is 15.1. The topological polar surface area (TPSA) is 74.2 Å². The zero-order chi connectivity index (χ0) is 17.1. The molecular weight excluding hydrogens is 352 g/mol. The first-order chi connectivity index (χ1) is 12.3. The van der Waals surface area contributed by atoms with E-state index in [1.54, 1.807) is 11.2 Å². The van der Waals surface area contributed by atoms with Crippen molar-refractivity contribution in [2.75, 3.05) is 6.54 Å². The van der Waals surface area contributed by atoms with Crippen molar-refractivity contribution in [3.05, 3.63) is 77.0 Å². The van der Waals surface area contributed by atoms with Crippen LogP contribution in [0.25, 0.3) is 0 Å². The Hall–Kier alpha value is -2.57. The van der Waals surface area contributed by atoms with Crippen molar-refractivity contribution >= 4 is 18.3 Å². The molecule has 0 saturated carbocycles. The first-order valence-corrected chi connectivity index (χ1v) is 8.43. The summed E-state index contributed by atoms with van der Waals surface area (Å²) < 4.78 is 5.45. The van der Waals surface area contributed by atoms with E-state index in [1.807, 2.05) is 42.5 Å². The molecule has 0 fully saturated rings. The number of nitrogens with one attached hydrogen (secondary N) is 2. The molecular formula is C19H21ClN4O2.